The van der Waals surface area contributed by atoms with Crippen molar-refractivity contribution in [3.05, 3.63) is 82.1 Å². The number of rotatable bonds is 3. The van der Waals surface area contributed by atoms with E-state index in [4.69, 9.17) is 0 Å². The van der Waals surface area contributed by atoms with Crippen molar-refractivity contribution in [2.45, 2.75) is 25.4 Å². The fourth-order valence-corrected chi connectivity index (χ4v) is 3.84. The molecular formula is C21H20F2N2O. The molecule has 0 bridgehead atoms. The molecule has 1 aliphatic rings. The number of fused-ring (bicyclic) bond motifs is 1. The van der Waals surface area contributed by atoms with Crippen molar-refractivity contribution in [1.82, 2.24) is 9.47 Å². The number of halogens is 2. The van der Waals surface area contributed by atoms with Crippen LogP contribution in [0.15, 0.2) is 59.4 Å². The lowest BCUT2D eigenvalue weighted by molar-refractivity contribution is 0.180. The summed E-state index contributed by atoms with van der Waals surface area (Å²) in [6.45, 7) is 2.57. The number of aromatic nitrogens is 1. The van der Waals surface area contributed by atoms with E-state index in [1.54, 1.807) is 4.57 Å². The minimum absolute atomic E-state index is 0.0422. The van der Waals surface area contributed by atoms with Gasteiger partial charge in [0, 0.05) is 43.2 Å². The summed E-state index contributed by atoms with van der Waals surface area (Å²) < 4.78 is 29.4. The summed E-state index contributed by atoms with van der Waals surface area (Å²) in [6.07, 6.45) is 1.56. The van der Waals surface area contributed by atoms with Gasteiger partial charge in [0.15, 0.2) is 0 Å². The van der Waals surface area contributed by atoms with E-state index in [-0.39, 0.29) is 17.0 Å². The summed E-state index contributed by atoms with van der Waals surface area (Å²) in [6, 6.07) is 15.2. The van der Waals surface area contributed by atoms with Crippen molar-refractivity contribution in [3.8, 4) is 0 Å². The molecule has 0 N–H and O–H groups in total. The van der Waals surface area contributed by atoms with Crippen LogP contribution in [0.3, 0.4) is 0 Å². The minimum Gasteiger partial charge on any atom is -0.305 e. The second-order valence-corrected chi connectivity index (χ2v) is 6.85. The van der Waals surface area contributed by atoms with E-state index in [1.165, 1.54) is 23.8 Å². The lowest BCUT2D eigenvalue weighted by atomic mass is 10.0. The Labute approximate surface area is 150 Å². The van der Waals surface area contributed by atoms with Gasteiger partial charge in [-0.2, -0.15) is 0 Å². The van der Waals surface area contributed by atoms with E-state index in [9.17, 15) is 13.6 Å². The Bertz CT molecular complexity index is 976. The summed E-state index contributed by atoms with van der Waals surface area (Å²) in [5, 5.41) is 0.290. The van der Waals surface area contributed by atoms with E-state index in [1.807, 2.05) is 18.2 Å². The molecule has 0 aliphatic carbocycles. The van der Waals surface area contributed by atoms with Gasteiger partial charge in [-0.1, -0.05) is 30.3 Å². The third-order valence-corrected chi connectivity index (χ3v) is 5.13. The average Bonchev–Trinajstić information content (AvgIpc) is 2.63. The van der Waals surface area contributed by atoms with Gasteiger partial charge in [0.05, 0.1) is 5.52 Å². The molecule has 1 aromatic heterocycles. The van der Waals surface area contributed by atoms with Crippen molar-refractivity contribution in [3.63, 3.8) is 0 Å². The third kappa shape index (κ3) is 3.27. The maximum absolute atomic E-state index is 14.1. The fraction of sp³-hybridized carbons (Fsp3) is 0.286. The largest absolute Gasteiger partial charge is 0.305 e. The van der Waals surface area contributed by atoms with Crippen LogP contribution in [0, 0.1) is 11.6 Å². The van der Waals surface area contributed by atoms with E-state index in [2.05, 4.69) is 17.0 Å². The van der Waals surface area contributed by atoms with Gasteiger partial charge in [-0.25, -0.2) is 8.78 Å². The second kappa shape index (κ2) is 7.00. The van der Waals surface area contributed by atoms with Crippen molar-refractivity contribution in [2.75, 3.05) is 13.1 Å². The van der Waals surface area contributed by atoms with Crippen molar-refractivity contribution < 1.29 is 8.78 Å². The van der Waals surface area contributed by atoms with Gasteiger partial charge >= 0.3 is 0 Å². The monoisotopic (exact) mass is 354 g/mol. The van der Waals surface area contributed by atoms with Gasteiger partial charge in [0.2, 0.25) is 0 Å². The molecule has 1 fully saturated rings. The van der Waals surface area contributed by atoms with Crippen LogP contribution in [-0.2, 0) is 6.54 Å². The first-order chi connectivity index (χ1) is 12.6. The molecule has 0 radical (unpaired) electrons. The SMILES string of the molecule is O=c1ccc2c(F)cc(F)cc2n1C1CCN(Cc2ccccc2)CC1. The first-order valence-electron chi connectivity index (χ1n) is 8.88. The number of benzene rings is 2. The Hall–Kier alpha value is -2.53. The highest BCUT2D eigenvalue weighted by atomic mass is 19.1. The van der Waals surface area contributed by atoms with Gasteiger partial charge in [0.25, 0.3) is 5.56 Å². The molecular weight excluding hydrogens is 334 g/mol. The summed E-state index contributed by atoms with van der Waals surface area (Å²) in [5.74, 6) is -1.29. The first kappa shape index (κ1) is 16.9. The highest BCUT2D eigenvalue weighted by Crippen LogP contribution is 2.27. The van der Waals surface area contributed by atoms with Crippen molar-refractivity contribution in [2.24, 2.45) is 0 Å². The van der Waals surface area contributed by atoms with Crippen LogP contribution in [0.4, 0.5) is 8.78 Å². The van der Waals surface area contributed by atoms with E-state index < -0.39 is 11.6 Å². The Morgan fingerprint density at radius 1 is 0.962 bits per heavy atom. The number of hydrogen-bond donors (Lipinski definition) is 0. The average molecular weight is 354 g/mol. The summed E-state index contributed by atoms with van der Waals surface area (Å²) in [5.41, 5.74) is 1.40. The van der Waals surface area contributed by atoms with Gasteiger partial charge in [-0.3, -0.25) is 9.69 Å². The molecule has 0 unspecified atom stereocenters. The summed E-state index contributed by atoms with van der Waals surface area (Å²) in [7, 11) is 0. The molecule has 0 amide bonds. The van der Waals surface area contributed by atoms with E-state index >= 15 is 0 Å². The highest BCUT2D eigenvalue weighted by molar-refractivity contribution is 5.79. The fourth-order valence-electron chi connectivity index (χ4n) is 3.84. The predicted octanol–water partition coefficient (Wildman–Crippen LogP) is 4.12. The topological polar surface area (TPSA) is 25.2 Å². The quantitative estimate of drug-likeness (QED) is 0.707. The molecule has 0 saturated carbocycles. The summed E-state index contributed by atoms with van der Waals surface area (Å²) >= 11 is 0. The maximum atomic E-state index is 14.1. The van der Waals surface area contributed by atoms with Crippen molar-refractivity contribution >= 4 is 10.9 Å². The standard InChI is InChI=1S/C21H20F2N2O/c22-16-12-19(23)18-6-7-21(26)25(20(18)13-16)17-8-10-24(11-9-17)14-15-4-2-1-3-5-15/h1-7,12-13,17H,8-11,14H2. The smallest absolute Gasteiger partial charge is 0.251 e. The first-order valence-corrected chi connectivity index (χ1v) is 8.88. The lowest BCUT2D eigenvalue weighted by Crippen LogP contribution is -2.37. The molecule has 1 saturated heterocycles. The number of pyridine rings is 1. The van der Waals surface area contributed by atoms with Crippen molar-refractivity contribution in [1.29, 1.82) is 0 Å². The predicted molar refractivity (Wildman–Crippen MR) is 98.1 cm³/mol. The van der Waals surface area contributed by atoms with Gasteiger partial charge in [-0.05, 0) is 30.5 Å². The lowest BCUT2D eigenvalue weighted by Gasteiger charge is -2.33. The van der Waals surface area contributed by atoms with Crippen LogP contribution >= 0.6 is 0 Å². The van der Waals surface area contributed by atoms with Crippen LogP contribution in [-0.4, -0.2) is 22.6 Å². The number of likely N-dealkylation sites (tertiary alicyclic amines) is 1. The van der Waals surface area contributed by atoms with Crippen LogP contribution in [0.1, 0.15) is 24.4 Å². The molecule has 134 valence electrons. The minimum atomic E-state index is -0.657. The number of hydrogen-bond acceptors (Lipinski definition) is 2. The Morgan fingerprint density at radius 2 is 1.69 bits per heavy atom. The molecule has 3 aromatic rings. The molecule has 1 aliphatic heterocycles. The zero-order valence-corrected chi connectivity index (χ0v) is 14.4. The van der Waals surface area contributed by atoms with Crippen LogP contribution < -0.4 is 5.56 Å². The van der Waals surface area contributed by atoms with E-state index in [0.717, 1.165) is 38.5 Å². The molecule has 5 heteroatoms. The Kier molecular flexibility index (Phi) is 4.55. The molecule has 26 heavy (non-hydrogen) atoms. The molecule has 0 atom stereocenters. The maximum Gasteiger partial charge on any atom is 0.251 e. The third-order valence-electron chi connectivity index (χ3n) is 5.13. The number of piperidine rings is 1. The normalized spacial score (nSPS) is 16.2. The summed E-state index contributed by atoms with van der Waals surface area (Å²) in [4.78, 5) is 14.8. The zero-order valence-electron chi connectivity index (χ0n) is 14.4. The highest BCUT2D eigenvalue weighted by Gasteiger charge is 2.23. The van der Waals surface area contributed by atoms with Gasteiger partial charge in [-0.15, -0.1) is 0 Å². The van der Waals surface area contributed by atoms with E-state index in [0.29, 0.717) is 5.52 Å². The van der Waals surface area contributed by atoms with Crippen LogP contribution in [0.5, 0.6) is 0 Å². The Balaban J connectivity index is 1.58. The van der Waals surface area contributed by atoms with Gasteiger partial charge in [0.1, 0.15) is 11.6 Å². The van der Waals surface area contributed by atoms with Gasteiger partial charge < -0.3 is 4.57 Å². The second-order valence-electron chi connectivity index (χ2n) is 6.85. The zero-order chi connectivity index (χ0) is 18.1. The molecule has 0 spiro atoms. The Morgan fingerprint density at radius 3 is 2.42 bits per heavy atom. The van der Waals surface area contributed by atoms with Crippen LogP contribution in [0.2, 0.25) is 0 Å². The molecule has 3 nitrogen and oxygen atoms in total. The molecule has 2 heterocycles. The molecule has 4 rings (SSSR count). The molecule has 2 aromatic carbocycles. The number of nitrogens with zero attached hydrogens (tertiary/aromatic N) is 2. The van der Waals surface area contributed by atoms with Crippen LogP contribution in [0.25, 0.3) is 10.9 Å².